The van der Waals surface area contributed by atoms with Gasteiger partial charge in [-0.15, -0.1) is 0 Å². The number of nitrogens with zero attached hydrogens (tertiary/aromatic N) is 3. The van der Waals surface area contributed by atoms with E-state index >= 15 is 0 Å². The molecule has 0 unspecified atom stereocenters. The van der Waals surface area contributed by atoms with Crippen LogP contribution in [0.15, 0.2) is 94.4 Å². The van der Waals surface area contributed by atoms with Crippen molar-refractivity contribution in [3.63, 3.8) is 0 Å². The van der Waals surface area contributed by atoms with Crippen molar-refractivity contribution < 1.29 is 37.8 Å². The summed E-state index contributed by atoms with van der Waals surface area (Å²) in [6, 6.07) is 21.4. The van der Waals surface area contributed by atoms with Crippen LogP contribution in [-0.2, 0) is 16.8 Å². The maximum atomic E-state index is 14.4. The van der Waals surface area contributed by atoms with E-state index < -0.39 is 24.8 Å². The number of benzene rings is 4. The predicted molar refractivity (Wildman–Crippen MR) is 170 cm³/mol. The van der Waals surface area contributed by atoms with Crippen molar-refractivity contribution in [2.45, 2.75) is 12.2 Å². The number of rotatable bonds is 9. The average molecular weight is 757 g/mol. The molecule has 0 atom stereocenters. The maximum absolute atomic E-state index is 14.4. The normalized spacial score (nSPS) is 12.4. The SMILES string of the molecule is O=C(O)c1cccc(Oc2cccc(-c3nn(Cc4ccc(C(F)(F)P(=O)(O)O)c(Br)c4)/c(=N\c4ccc(Cl)c(Cl)c4)s3)c2)c1. The molecule has 3 N–H and O–H groups in total. The highest BCUT2D eigenvalue weighted by atomic mass is 79.9. The first-order valence-corrected chi connectivity index (χ1v) is 16.6. The van der Waals surface area contributed by atoms with Crippen molar-refractivity contribution in [1.82, 2.24) is 9.78 Å². The Morgan fingerprint density at radius 1 is 1.00 bits per heavy atom. The molecule has 0 aliphatic heterocycles. The van der Waals surface area contributed by atoms with Gasteiger partial charge in [0.15, 0.2) is 0 Å². The van der Waals surface area contributed by atoms with Crippen molar-refractivity contribution in [2.75, 3.05) is 0 Å². The van der Waals surface area contributed by atoms with E-state index in [1.807, 2.05) is 0 Å². The molecule has 1 heterocycles. The minimum absolute atomic E-state index is 0.0508. The van der Waals surface area contributed by atoms with Gasteiger partial charge < -0.3 is 19.6 Å². The first kappa shape index (κ1) is 33.0. The van der Waals surface area contributed by atoms with Crippen molar-refractivity contribution in [2.24, 2.45) is 4.99 Å². The predicted octanol–water partition coefficient (Wildman–Crippen LogP) is 8.68. The number of ether oxygens (including phenoxy) is 1. The first-order chi connectivity index (χ1) is 21.2. The Kier molecular flexibility index (Phi) is 9.62. The fourth-order valence-electron chi connectivity index (χ4n) is 4.03. The van der Waals surface area contributed by atoms with Gasteiger partial charge in [0.1, 0.15) is 16.5 Å². The van der Waals surface area contributed by atoms with Crippen molar-refractivity contribution >= 4 is 69.7 Å². The van der Waals surface area contributed by atoms with Gasteiger partial charge in [-0.1, -0.05) is 80.8 Å². The lowest BCUT2D eigenvalue weighted by molar-refractivity contribution is 0.0557. The molecule has 0 amide bonds. The van der Waals surface area contributed by atoms with Crippen LogP contribution in [0.1, 0.15) is 21.5 Å². The second-order valence-electron chi connectivity index (χ2n) is 9.42. The molecule has 9 nitrogen and oxygen atoms in total. The minimum atomic E-state index is -5.77. The Labute approximate surface area is 276 Å². The van der Waals surface area contributed by atoms with Crippen LogP contribution in [0, 0.1) is 0 Å². The van der Waals surface area contributed by atoms with Crippen LogP contribution < -0.4 is 9.54 Å². The molecule has 4 aromatic carbocycles. The number of carboxylic acid groups (broad SMARTS) is 1. The van der Waals surface area contributed by atoms with Crippen molar-refractivity contribution in [3.05, 3.63) is 121 Å². The second kappa shape index (κ2) is 13.1. The Balaban J connectivity index is 1.53. The molecule has 16 heteroatoms. The van der Waals surface area contributed by atoms with Gasteiger partial charge in [-0.3, -0.25) is 4.57 Å². The zero-order valence-corrected chi connectivity index (χ0v) is 27.3. The summed E-state index contributed by atoms with van der Waals surface area (Å²) in [5.74, 6) is -0.336. The highest BCUT2D eigenvalue weighted by molar-refractivity contribution is 9.10. The van der Waals surface area contributed by atoms with E-state index in [1.165, 1.54) is 40.3 Å². The van der Waals surface area contributed by atoms with E-state index in [-0.39, 0.29) is 21.6 Å². The summed E-state index contributed by atoms with van der Waals surface area (Å²) in [5.41, 5.74) is -3.56. The molecule has 0 spiro atoms. The summed E-state index contributed by atoms with van der Waals surface area (Å²) >= 11 is 16.5. The molecule has 0 aliphatic carbocycles. The van der Waals surface area contributed by atoms with Gasteiger partial charge in [0.25, 0.3) is 0 Å². The maximum Gasteiger partial charge on any atom is 0.399 e. The van der Waals surface area contributed by atoms with Gasteiger partial charge in [-0.05, 0) is 60.2 Å². The van der Waals surface area contributed by atoms with Gasteiger partial charge in [0.05, 0.1) is 27.8 Å². The lowest BCUT2D eigenvalue weighted by Crippen LogP contribution is -2.18. The van der Waals surface area contributed by atoms with Gasteiger partial charge in [0, 0.05) is 15.6 Å². The second-order valence-corrected chi connectivity index (χ2v) is 13.7. The summed E-state index contributed by atoms with van der Waals surface area (Å²) in [6.07, 6.45) is 0. The third-order valence-electron chi connectivity index (χ3n) is 6.20. The van der Waals surface area contributed by atoms with Crippen molar-refractivity contribution in [1.29, 1.82) is 0 Å². The number of halogens is 5. The molecule has 5 aromatic rings. The molecule has 1 aromatic heterocycles. The summed E-state index contributed by atoms with van der Waals surface area (Å²) in [4.78, 5) is 34.7. The molecule has 0 saturated carbocycles. The van der Waals surface area contributed by atoms with Crippen LogP contribution in [0.4, 0.5) is 14.5 Å². The standard InChI is InChI=1S/C29H19BrCl2F2N3O6PS/c30-23-11-16(7-9-22(23)29(33,34)44(40,41)42)15-37-28(35-19-8-10-24(31)25(32)14-19)45-26(36-37)17-3-1-5-20(12-17)43-21-6-2-4-18(13-21)27(38)39/h1-14H,15H2,(H,38,39)(H2,40,41,42)/b35-28+. The highest BCUT2D eigenvalue weighted by Crippen LogP contribution is 2.60. The van der Waals surface area contributed by atoms with Crippen molar-refractivity contribution in [3.8, 4) is 22.1 Å². The van der Waals surface area contributed by atoms with Crippen LogP contribution in [0.2, 0.25) is 10.0 Å². The van der Waals surface area contributed by atoms with Gasteiger partial charge in [0.2, 0.25) is 4.80 Å². The number of alkyl halides is 2. The summed E-state index contributed by atoms with van der Waals surface area (Å²) in [6.45, 7) is 0.0508. The average Bonchev–Trinajstić information content (AvgIpc) is 3.36. The fourth-order valence-corrected chi connectivity index (χ4v) is 6.58. The van der Waals surface area contributed by atoms with E-state index in [1.54, 1.807) is 54.6 Å². The Morgan fingerprint density at radius 2 is 1.71 bits per heavy atom. The summed E-state index contributed by atoms with van der Waals surface area (Å²) in [7, 11) is -5.77. The molecule has 0 bridgehead atoms. The van der Waals surface area contributed by atoms with E-state index in [2.05, 4.69) is 20.9 Å². The quantitative estimate of drug-likeness (QED) is 0.128. The van der Waals surface area contributed by atoms with Gasteiger partial charge >= 0.3 is 19.2 Å². The highest BCUT2D eigenvalue weighted by Gasteiger charge is 2.51. The number of carbonyl (C=O) groups is 1. The summed E-state index contributed by atoms with van der Waals surface area (Å²) < 4.78 is 47.4. The lowest BCUT2D eigenvalue weighted by Gasteiger charge is -2.19. The third-order valence-corrected chi connectivity index (χ3v) is 9.56. The minimum Gasteiger partial charge on any atom is -0.478 e. The number of hydrogen-bond donors (Lipinski definition) is 3. The molecule has 45 heavy (non-hydrogen) atoms. The number of carboxylic acids is 1. The molecule has 0 fully saturated rings. The monoisotopic (exact) mass is 755 g/mol. The largest absolute Gasteiger partial charge is 0.478 e. The Bertz CT molecular complexity index is 2050. The lowest BCUT2D eigenvalue weighted by atomic mass is 10.1. The fraction of sp³-hybridized carbons (Fsp3) is 0.0690. The zero-order valence-electron chi connectivity index (χ0n) is 22.4. The number of hydrogen-bond acceptors (Lipinski definition) is 6. The van der Waals surface area contributed by atoms with Crippen LogP contribution in [0.3, 0.4) is 0 Å². The molecule has 5 rings (SSSR count). The molecule has 232 valence electrons. The molecular formula is C29H19BrCl2F2N3O6PS. The van der Waals surface area contributed by atoms with Crippen LogP contribution in [0.25, 0.3) is 10.6 Å². The third kappa shape index (κ3) is 7.53. The number of aromatic carboxylic acids is 1. The Morgan fingerprint density at radius 3 is 2.38 bits per heavy atom. The van der Waals surface area contributed by atoms with Crippen LogP contribution in [0.5, 0.6) is 11.5 Å². The first-order valence-electron chi connectivity index (χ1n) is 12.6. The molecule has 0 aliphatic rings. The molecule has 0 saturated heterocycles. The molecular weight excluding hydrogens is 738 g/mol. The van der Waals surface area contributed by atoms with Crippen LogP contribution in [-0.4, -0.2) is 30.6 Å². The number of aromatic nitrogens is 2. The molecule has 0 radical (unpaired) electrons. The smallest absolute Gasteiger partial charge is 0.399 e. The van der Waals surface area contributed by atoms with Gasteiger partial charge in [-0.25, -0.2) is 14.5 Å². The van der Waals surface area contributed by atoms with E-state index in [0.29, 0.717) is 43.1 Å². The van der Waals surface area contributed by atoms with Gasteiger partial charge in [-0.2, -0.15) is 13.9 Å². The van der Waals surface area contributed by atoms with E-state index in [4.69, 9.17) is 42.8 Å². The zero-order chi connectivity index (χ0) is 32.5. The van der Waals surface area contributed by atoms with E-state index in [0.717, 1.165) is 6.07 Å². The van der Waals surface area contributed by atoms with Crippen LogP contribution >= 0.6 is 58.1 Å². The summed E-state index contributed by atoms with van der Waals surface area (Å²) in [5, 5.41) is 15.1. The Hall–Kier alpha value is -3.42. The van der Waals surface area contributed by atoms with E-state index in [9.17, 15) is 23.2 Å². The topological polar surface area (TPSA) is 134 Å².